The third-order valence-corrected chi connectivity index (χ3v) is 5.74. The van der Waals surface area contributed by atoms with Crippen molar-refractivity contribution in [1.29, 1.82) is 0 Å². The molecule has 1 aromatic rings. The van der Waals surface area contributed by atoms with Crippen molar-refractivity contribution in [2.45, 2.75) is 23.8 Å². The lowest BCUT2D eigenvalue weighted by Crippen LogP contribution is -2.41. The van der Waals surface area contributed by atoms with Gasteiger partial charge in [0.1, 0.15) is 6.61 Å². The number of carboxylic acid groups (broad SMARTS) is 1. The maximum atomic E-state index is 12.4. The van der Waals surface area contributed by atoms with Crippen molar-refractivity contribution in [3.8, 4) is 0 Å². The highest BCUT2D eigenvalue weighted by molar-refractivity contribution is 9.10. The third-order valence-electron chi connectivity index (χ3n) is 3.29. The molecule has 0 unspecified atom stereocenters. The quantitative estimate of drug-likeness (QED) is 0.843. The van der Waals surface area contributed by atoms with E-state index in [4.69, 9.17) is 9.84 Å². The largest absolute Gasteiger partial charge is 0.480 e. The van der Waals surface area contributed by atoms with E-state index >= 15 is 0 Å². The topological polar surface area (TPSA) is 83.9 Å². The summed E-state index contributed by atoms with van der Waals surface area (Å²) in [6.07, 6.45) is 0.809. The molecule has 0 radical (unpaired) electrons. The fourth-order valence-electron chi connectivity index (χ4n) is 2.18. The minimum Gasteiger partial charge on any atom is -0.480 e. The molecule has 21 heavy (non-hydrogen) atoms. The van der Waals surface area contributed by atoms with Gasteiger partial charge in [-0.1, -0.05) is 15.9 Å². The highest BCUT2D eigenvalue weighted by Crippen LogP contribution is 2.23. The highest BCUT2D eigenvalue weighted by Gasteiger charge is 2.29. The average molecular weight is 378 g/mol. The van der Waals surface area contributed by atoms with E-state index in [0.717, 1.165) is 4.47 Å². The van der Waals surface area contributed by atoms with Gasteiger partial charge >= 0.3 is 5.97 Å². The van der Waals surface area contributed by atoms with Gasteiger partial charge in [0.25, 0.3) is 0 Å². The van der Waals surface area contributed by atoms with Gasteiger partial charge in [0.05, 0.1) is 11.0 Å². The molecule has 0 atom stereocenters. The number of benzene rings is 1. The molecule has 0 aromatic heterocycles. The number of piperidine rings is 1. The van der Waals surface area contributed by atoms with Crippen molar-refractivity contribution in [2.24, 2.45) is 0 Å². The van der Waals surface area contributed by atoms with Crippen LogP contribution in [0.1, 0.15) is 12.8 Å². The van der Waals surface area contributed by atoms with E-state index in [1.54, 1.807) is 24.3 Å². The molecule has 116 valence electrons. The number of hydrogen-bond donors (Lipinski definition) is 1. The lowest BCUT2D eigenvalue weighted by molar-refractivity contribution is -0.145. The number of ether oxygens (including phenoxy) is 1. The zero-order valence-corrected chi connectivity index (χ0v) is 13.6. The van der Waals surface area contributed by atoms with Crippen LogP contribution >= 0.6 is 15.9 Å². The number of rotatable bonds is 5. The summed E-state index contributed by atoms with van der Waals surface area (Å²) in [4.78, 5) is 10.7. The molecule has 1 aromatic carbocycles. The van der Waals surface area contributed by atoms with Crippen molar-refractivity contribution in [2.75, 3.05) is 19.7 Å². The second-order valence-electron chi connectivity index (χ2n) is 4.76. The van der Waals surface area contributed by atoms with Crippen LogP contribution in [-0.2, 0) is 19.6 Å². The minimum atomic E-state index is -3.49. The first-order valence-electron chi connectivity index (χ1n) is 6.48. The first-order valence-corrected chi connectivity index (χ1v) is 8.72. The van der Waals surface area contributed by atoms with Crippen LogP contribution in [0, 0.1) is 0 Å². The van der Waals surface area contributed by atoms with Crippen molar-refractivity contribution in [3.05, 3.63) is 28.7 Å². The van der Waals surface area contributed by atoms with Gasteiger partial charge in [-0.2, -0.15) is 4.31 Å². The molecule has 1 aliphatic rings. The molecule has 0 aliphatic carbocycles. The molecule has 1 fully saturated rings. The van der Waals surface area contributed by atoms with E-state index in [1.165, 1.54) is 4.31 Å². The summed E-state index contributed by atoms with van der Waals surface area (Å²) in [7, 11) is -3.49. The van der Waals surface area contributed by atoms with Gasteiger partial charge in [-0.15, -0.1) is 0 Å². The van der Waals surface area contributed by atoms with Gasteiger partial charge in [-0.25, -0.2) is 13.2 Å². The molecular weight excluding hydrogens is 362 g/mol. The normalized spacial score (nSPS) is 17.8. The smallest absolute Gasteiger partial charge is 0.329 e. The van der Waals surface area contributed by atoms with E-state index in [1.807, 2.05) is 0 Å². The zero-order chi connectivity index (χ0) is 15.5. The molecule has 8 heteroatoms. The van der Waals surface area contributed by atoms with E-state index in [2.05, 4.69) is 15.9 Å². The summed E-state index contributed by atoms with van der Waals surface area (Å²) in [5, 5.41) is 8.56. The number of aliphatic carboxylic acids is 1. The van der Waals surface area contributed by atoms with Gasteiger partial charge in [0.15, 0.2) is 0 Å². The van der Waals surface area contributed by atoms with Gasteiger partial charge in [0, 0.05) is 17.6 Å². The first-order chi connectivity index (χ1) is 9.89. The monoisotopic (exact) mass is 377 g/mol. The van der Waals surface area contributed by atoms with Gasteiger partial charge < -0.3 is 9.84 Å². The van der Waals surface area contributed by atoms with E-state index in [-0.39, 0.29) is 17.6 Å². The van der Waals surface area contributed by atoms with E-state index in [0.29, 0.717) is 25.9 Å². The predicted octanol–water partition coefficient (Wildman–Crippen LogP) is 1.70. The molecule has 0 bridgehead atoms. The fraction of sp³-hybridized carbons (Fsp3) is 0.462. The van der Waals surface area contributed by atoms with Crippen molar-refractivity contribution >= 4 is 31.9 Å². The highest BCUT2D eigenvalue weighted by atomic mass is 79.9. The Hall–Kier alpha value is -0.960. The summed E-state index contributed by atoms with van der Waals surface area (Å²) in [5.74, 6) is -1.01. The van der Waals surface area contributed by atoms with Gasteiger partial charge in [0.2, 0.25) is 10.0 Å². The first kappa shape index (κ1) is 16.4. The number of nitrogens with zero attached hydrogens (tertiary/aromatic N) is 1. The van der Waals surface area contributed by atoms with Gasteiger partial charge in [-0.05, 0) is 37.1 Å². The Morgan fingerprint density at radius 1 is 1.29 bits per heavy atom. The Balaban J connectivity index is 1.97. The molecule has 0 spiro atoms. The Labute approximate surface area is 131 Å². The summed E-state index contributed by atoms with van der Waals surface area (Å²) < 4.78 is 32.3. The SMILES string of the molecule is O=C(O)COC1CCN(S(=O)(=O)c2ccc(Br)cc2)CC1. The molecule has 0 saturated carbocycles. The molecule has 6 nitrogen and oxygen atoms in total. The molecular formula is C13H16BrNO5S. The van der Waals surface area contributed by atoms with Crippen LogP contribution in [0.25, 0.3) is 0 Å². The predicted molar refractivity (Wildman–Crippen MR) is 79.5 cm³/mol. The number of carboxylic acids is 1. The van der Waals surface area contributed by atoms with E-state index < -0.39 is 16.0 Å². The molecule has 1 saturated heterocycles. The van der Waals surface area contributed by atoms with Crippen LogP contribution in [0.15, 0.2) is 33.6 Å². The van der Waals surface area contributed by atoms with E-state index in [9.17, 15) is 13.2 Å². The van der Waals surface area contributed by atoms with Crippen molar-refractivity contribution in [3.63, 3.8) is 0 Å². The maximum Gasteiger partial charge on any atom is 0.329 e. The second-order valence-corrected chi connectivity index (χ2v) is 7.62. The number of hydrogen-bond acceptors (Lipinski definition) is 4. The Bertz CT molecular complexity index is 593. The molecule has 1 heterocycles. The lowest BCUT2D eigenvalue weighted by atomic mass is 10.1. The fourth-order valence-corrected chi connectivity index (χ4v) is 3.92. The molecule has 1 aliphatic heterocycles. The number of carbonyl (C=O) groups is 1. The van der Waals surface area contributed by atoms with Gasteiger partial charge in [-0.3, -0.25) is 0 Å². The number of sulfonamides is 1. The third kappa shape index (κ3) is 4.26. The average Bonchev–Trinajstić information content (AvgIpc) is 2.46. The Kier molecular flexibility index (Phi) is 5.37. The Morgan fingerprint density at radius 2 is 1.86 bits per heavy atom. The number of halogens is 1. The summed E-state index contributed by atoms with van der Waals surface area (Å²) in [6, 6.07) is 6.50. The van der Waals surface area contributed by atoms with Crippen molar-refractivity contribution < 1.29 is 23.1 Å². The molecule has 0 amide bonds. The second kappa shape index (κ2) is 6.87. The summed E-state index contributed by atoms with van der Waals surface area (Å²) in [5.41, 5.74) is 0. The lowest BCUT2D eigenvalue weighted by Gasteiger charge is -2.30. The minimum absolute atomic E-state index is 0.197. The van der Waals surface area contributed by atoms with Crippen molar-refractivity contribution in [1.82, 2.24) is 4.31 Å². The standard InChI is InChI=1S/C13H16BrNO5S/c14-10-1-3-12(4-2-10)21(18,19)15-7-5-11(6-8-15)20-9-13(16)17/h1-4,11H,5-9H2,(H,16,17). The van der Waals surface area contributed by atoms with Crippen LogP contribution in [0.2, 0.25) is 0 Å². The summed E-state index contributed by atoms with van der Waals surface area (Å²) >= 11 is 3.27. The molecule has 2 rings (SSSR count). The van der Waals surface area contributed by atoms with Crippen LogP contribution in [0.5, 0.6) is 0 Å². The van der Waals surface area contributed by atoms with Crippen LogP contribution in [0.4, 0.5) is 0 Å². The van der Waals surface area contributed by atoms with Crippen LogP contribution in [0.3, 0.4) is 0 Å². The molecule has 1 N–H and O–H groups in total. The van der Waals surface area contributed by atoms with Crippen LogP contribution < -0.4 is 0 Å². The Morgan fingerprint density at radius 3 is 2.38 bits per heavy atom. The zero-order valence-electron chi connectivity index (χ0n) is 11.2. The maximum absolute atomic E-state index is 12.4. The van der Waals surface area contributed by atoms with Crippen LogP contribution in [-0.4, -0.2) is 49.6 Å². The summed E-state index contributed by atoms with van der Waals surface area (Å²) in [6.45, 7) is 0.329.